The fourth-order valence-corrected chi connectivity index (χ4v) is 3.23. The quantitative estimate of drug-likeness (QED) is 0.535. The minimum absolute atomic E-state index is 0.208. The Morgan fingerprint density at radius 3 is 2.18 bits per heavy atom. The second-order valence-corrected chi connectivity index (χ2v) is 6.45. The Bertz CT molecular complexity index is 1030. The Morgan fingerprint density at radius 1 is 0.929 bits per heavy atom. The molecule has 0 fully saturated rings. The van der Waals surface area contributed by atoms with E-state index in [1.807, 2.05) is 6.92 Å². The number of hydrogen-bond donors (Lipinski definition) is 0. The first-order valence-electron chi connectivity index (χ1n) is 8.68. The molecule has 148 valence electrons. The average molecular weight is 405 g/mol. The van der Waals surface area contributed by atoms with Crippen molar-refractivity contribution in [3.63, 3.8) is 0 Å². The molecular weight excluding hydrogens is 384 g/mol. The lowest BCUT2D eigenvalue weighted by molar-refractivity contribution is 0.298. The zero-order valence-corrected chi connectivity index (χ0v) is 16.9. The highest BCUT2D eigenvalue weighted by Gasteiger charge is 2.15. The summed E-state index contributed by atoms with van der Waals surface area (Å²) in [7, 11) is 4.65. The molecule has 3 rings (SSSR count). The summed E-state index contributed by atoms with van der Waals surface area (Å²) < 4.78 is 27.2. The molecule has 28 heavy (non-hydrogen) atoms. The molecule has 0 unspecified atom stereocenters. The van der Waals surface area contributed by atoms with Crippen molar-refractivity contribution in [2.24, 2.45) is 0 Å². The largest absolute Gasteiger partial charge is 0.493 e. The lowest BCUT2D eigenvalue weighted by Gasteiger charge is -2.15. The van der Waals surface area contributed by atoms with Crippen LogP contribution in [0.25, 0.3) is 11.0 Å². The maximum atomic E-state index is 11.8. The summed E-state index contributed by atoms with van der Waals surface area (Å²) in [5.41, 5.74) is 1.72. The molecule has 0 aliphatic rings. The van der Waals surface area contributed by atoms with Gasteiger partial charge in [-0.15, -0.1) is 0 Å². The minimum Gasteiger partial charge on any atom is -0.493 e. The summed E-state index contributed by atoms with van der Waals surface area (Å²) in [5, 5.41) is 1.23. The number of fused-ring (bicyclic) bond motifs is 1. The fraction of sp³-hybridized carbons (Fsp3) is 0.286. The molecule has 0 aliphatic heterocycles. The van der Waals surface area contributed by atoms with Crippen LogP contribution >= 0.6 is 11.6 Å². The molecule has 0 saturated carbocycles. The van der Waals surface area contributed by atoms with Crippen LogP contribution in [0.2, 0.25) is 5.02 Å². The minimum atomic E-state index is -0.401. The Morgan fingerprint density at radius 2 is 1.61 bits per heavy atom. The van der Waals surface area contributed by atoms with E-state index in [1.165, 1.54) is 6.07 Å². The van der Waals surface area contributed by atoms with Gasteiger partial charge >= 0.3 is 5.63 Å². The van der Waals surface area contributed by atoms with E-state index < -0.39 is 5.63 Å². The van der Waals surface area contributed by atoms with Gasteiger partial charge in [0.25, 0.3) is 0 Å². The van der Waals surface area contributed by atoms with Gasteiger partial charge in [0.15, 0.2) is 11.5 Å². The van der Waals surface area contributed by atoms with Gasteiger partial charge in [0.05, 0.1) is 26.4 Å². The monoisotopic (exact) mass is 404 g/mol. The zero-order chi connectivity index (χ0) is 20.3. The van der Waals surface area contributed by atoms with Gasteiger partial charge in [-0.25, -0.2) is 4.79 Å². The fourth-order valence-electron chi connectivity index (χ4n) is 3.01. The molecule has 0 saturated heterocycles. The van der Waals surface area contributed by atoms with Gasteiger partial charge in [0, 0.05) is 17.5 Å². The Kier molecular flexibility index (Phi) is 5.99. The van der Waals surface area contributed by atoms with E-state index in [2.05, 4.69) is 0 Å². The third kappa shape index (κ3) is 3.87. The van der Waals surface area contributed by atoms with Crippen LogP contribution in [-0.2, 0) is 13.0 Å². The standard InChI is InChI=1S/C21H21ClO6/c1-5-13-8-20(23)28-16-10-17(15(22)9-14(13)16)27-11-12-6-18(24-2)21(26-4)19(7-12)25-3/h6-10H,5,11H2,1-4H3. The SMILES string of the molecule is CCc1cc(=O)oc2cc(OCc3cc(OC)c(OC)c(OC)c3)c(Cl)cc12. The first-order chi connectivity index (χ1) is 13.5. The molecule has 1 heterocycles. The van der Waals surface area contributed by atoms with Gasteiger partial charge in [-0.1, -0.05) is 18.5 Å². The topological polar surface area (TPSA) is 67.1 Å². The van der Waals surface area contributed by atoms with E-state index in [0.717, 1.165) is 16.5 Å². The van der Waals surface area contributed by atoms with Crippen molar-refractivity contribution in [2.75, 3.05) is 21.3 Å². The van der Waals surface area contributed by atoms with Crippen molar-refractivity contribution in [2.45, 2.75) is 20.0 Å². The molecule has 0 N–H and O–H groups in total. The molecule has 0 spiro atoms. The molecule has 3 aromatic rings. The maximum absolute atomic E-state index is 11.8. The van der Waals surface area contributed by atoms with E-state index in [9.17, 15) is 4.79 Å². The number of ether oxygens (including phenoxy) is 4. The van der Waals surface area contributed by atoms with Crippen LogP contribution in [0.3, 0.4) is 0 Å². The predicted molar refractivity (Wildman–Crippen MR) is 107 cm³/mol. The third-order valence-electron chi connectivity index (χ3n) is 4.38. The lowest BCUT2D eigenvalue weighted by atomic mass is 10.1. The Hall–Kier alpha value is -2.86. The lowest BCUT2D eigenvalue weighted by Crippen LogP contribution is -2.02. The molecule has 2 aromatic carbocycles. The van der Waals surface area contributed by atoms with Crippen molar-refractivity contribution < 1.29 is 23.4 Å². The molecule has 6 nitrogen and oxygen atoms in total. The van der Waals surface area contributed by atoms with E-state index >= 15 is 0 Å². The van der Waals surface area contributed by atoms with Gasteiger partial charge in [0.2, 0.25) is 5.75 Å². The van der Waals surface area contributed by atoms with Gasteiger partial charge < -0.3 is 23.4 Å². The molecular formula is C21H21ClO6. The van der Waals surface area contributed by atoms with E-state index in [1.54, 1.807) is 45.6 Å². The highest BCUT2D eigenvalue weighted by molar-refractivity contribution is 6.32. The zero-order valence-electron chi connectivity index (χ0n) is 16.1. The summed E-state index contributed by atoms with van der Waals surface area (Å²) >= 11 is 6.39. The first-order valence-corrected chi connectivity index (χ1v) is 9.06. The summed E-state index contributed by atoms with van der Waals surface area (Å²) in [4.78, 5) is 11.8. The van der Waals surface area contributed by atoms with Crippen molar-refractivity contribution in [3.05, 3.63) is 56.9 Å². The normalized spacial score (nSPS) is 10.8. The van der Waals surface area contributed by atoms with Crippen LogP contribution in [0.15, 0.2) is 39.5 Å². The average Bonchev–Trinajstić information content (AvgIpc) is 2.70. The summed E-state index contributed by atoms with van der Waals surface area (Å²) in [6.07, 6.45) is 0.698. The number of hydrogen-bond acceptors (Lipinski definition) is 6. The van der Waals surface area contributed by atoms with Crippen LogP contribution in [0.1, 0.15) is 18.1 Å². The van der Waals surface area contributed by atoms with Crippen molar-refractivity contribution in [3.8, 4) is 23.0 Å². The molecule has 0 atom stereocenters. The van der Waals surface area contributed by atoms with E-state index in [0.29, 0.717) is 40.0 Å². The molecule has 0 radical (unpaired) electrons. The number of benzene rings is 2. The van der Waals surface area contributed by atoms with E-state index in [-0.39, 0.29) is 6.61 Å². The van der Waals surface area contributed by atoms with Gasteiger partial charge in [-0.05, 0) is 35.7 Å². The van der Waals surface area contributed by atoms with Gasteiger partial charge in [0.1, 0.15) is 17.9 Å². The highest BCUT2D eigenvalue weighted by atomic mass is 35.5. The molecule has 0 bridgehead atoms. The Balaban J connectivity index is 1.93. The smallest absolute Gasteiger partial charge is 0.336 e. The Labute approximate surface area is 167 Å². The highest BCUT2D eigenvalue weighted by Crippen LogP contribution is 2.39. The number of rotatable bonds is 7. The van der Waals surface area contributed by atoms with Crippen LogP contribution in [0.4, 0.5) is 0 Å². The predicted octanol–water partition coefficient (Wildman–Crippen LogP) is 4.61. The summed E-state index contributed by atoms with van der Waals surface area (Å²) in [6.45, 7) is 2.18. The van der Waals surface area contributed by atoms with Crippen LogP contribution in [0.5, 0.6) is 23.0 Å². The molecule has 7 heteroatoms. The number of methoxy groups -OCH3 is 3. The van der Waals surface area contributed by atoms with Crippen LogP contribution < -0.4 is 24.6 Å². The summed E-state index contributed by atoms with van der Waals surface area (Å²) in [5.74, 6) is 1.98. The second kappa shape index (κ2) is 8.44. The first kappa shape index (κ1) is 19.9. The van der Waals surface area contributed by atoms with Gasteiger partial charge in [-0.2, -0.15) is 0 Å². The second-order valence-electron chi connectivity index (χ2n) is 6.05. The molecule has 0 aliphatic carbocycles. The van der Waals surface area contributed by atoms with Gasteiger partial charge in [-0.3, -0.25) is 0 Å². The van der Waals surface area contributed by atoms with Crippen molar-refractivity contribution in [1.82, 2.24) is 0 Å². The number of aryl methyl sites for hydroxylation is 1. The maximum Gasteiger partial charge on any atom is 0.336 e. The van der Waals surface area contributed by atoms with Crippen molar-refractivity contribution in [1.29, 1.82) is 0 Å². The number of halogens is 1. The molecule has 1 aromatic heterocycles. The summed E-state index contributed by atoms with van der Waals surface area (Å²) in [6, 6.07) is 8.46. The third-order valence-corrected chi connectivity index (χ3v) is 4.68. The molecule has 0 amide bonds. The van der Waals surface area contributed by atoms with Crippen LogP contribution in [-0.4, -0.2) is 21.3 Å². The van der Waals surface area contributed by atoms with Crippen molar-refractivity contribution >= 4 is 22.6 Å². The van der Waals surface area contributed by atoms with Crippen LogP contribution in [0, 0.1) is 0 Å². The van der Waals surface area contributed by atoms with E-state index in [4.69, 9.17) is 35.0 Å².